The van der Waals surface area contributed by atoms with Crippen molar-refractivity contribution in [1.29, 1.82) is 0 Å². The maximum Gasteiger partial charge on any atom is 0.387 e. The van der Waals surface area contributed by atoms with Crippen LogP contribution in [0.3, 0.4) is 0 Å². The molecule has 0 radical (unpaired) electrons. The van der Waals surface area contributed by atoms with Crippen LogP contribution in [0.2, 0.25) is 0 Å². The molecule has 1 aromatic heterocycles. The Kier molecular flexibility index (Phi) is 5.81. The molecule has 1 amide bonds. The molecule has 0 saturated carbocycles. The van der Waals surface area contributed by atoms with Gasteiger partial charge in [-0.05, 0) is 55.0 Å². The molecule has 1 heterocycles. The van der Waals surface area contributed by atoms with E-state index >= 15 is 0 Å². The number of hydrogen-bond donors (Lipinski definition) is 1. The van der Waals surface area contributed by atoms with E-state index in [4.69, 9.17) is 4.74 Å². The Bertz CT molecular complexity index is 1060. The van der Waals surface area contributed by atoms with Gasteiger partial charge in [-0.3, -0.25) is 14.2 Å². The number of carbonyl (C=O) groups is 2. The Morgan fingerprint density at radius 2 is 1.76 bits per heavy atom. The van der Waals surface area contributed by atoms with Crippen molar-refractivity contribution in [3.8, 4) is 11.5 Å². The lowest BCUT2D eigenvalue weighted by molar-refractivity contribution is -0.119. The van der Waals surface area contributed by atoms with Crippen LogP contribution in [0.15, 0.2) is 42.5 Å². The van der Waals surface area contributed by atoms with Gasteiger partial charge in [0, 0.05) is 23.7 Å². The van der Waals surface area contributed by atoms with Crippen molar-refractivity contribution in [1.82, 2.24) is 9.88 Å². The highest BCUT2D eigenvalue weighted by atomic mass is 19.3. The first-order valence-corrected chi connectivity index (χ1v) is 8.83. The Labute approximate surface area is 166 Å². The number of benzene rings is 2. The van der Waals surface area contributed by atoms with Gasteiger partial charge in [-0.1, -0.05) is 0 Å². The highest BCUT2D eigenvalue weighted by Crippen LogP contribution is 2.31. The van der Waals surface area contributed by atoms with Crippen LogP contribution in [0.25, 0.3) is 10.9 Å². The number of nitrogens with zero attached hydrogens (tertiary/aromatic N) is 1. The monoisotopic (exact) mass is 402 g/mol. The lowest BCUT2D eigenvalue weighted by Gasteiger charge is -2.09. The number of rotatable bonds is 6. The summed E-state index contributed by atoms with van der Waals surface area (Å²) in [6.07, 6.45) is 0.105. The number of amides is 1. The van der Waals surface area contributed by atoms with Crippen LogP contribution in [0, 0.1) is 6.92 Å². The number of hydrogen-bond acceptors (Lipinski definition) is 4. The maximum atomic E-state index is 13.2. The van der Waals surface area contributed by atoms with Crippen LogP contribution < -0.4 is 14.8 Å². The highest BCUT2D eigenvalue weighted by molar-refractivity contribution is 6.05. The first kappa shape index (κ1) is 20.3. The molecule has 0 unspecified atom stereocenters. The summed E-state index contributed by atoms with van der Waals surface area (Å²) < 4.78 is 35.8. The standard InChI is InChI=1S/C21H20F2N2O4/c1-12-16(11-19(26)24-2)17-10-15(28-3)8-9-18(17)25(12)20(27)13-4-6-14(7-5-13)29-21(22)23/h4-10,21H,11H2,1-3H3,(H,24,26). The van der Waals surface area contributed by atoms with Gasteiger partial charge in [0.2, 0.25) is 5.91 Å². The number of ether oxygens (including phenoxy) is 2. The minimum Gasteiger partial charge on any atom is -0.497 e. The van der Waals surface area contributed by atoms with E-state index in [9.17, 15) is 18.4 Å². The normalized spacial score (nSPS) is 11.0. The SMILES string of the molecule is CNC(=O)Cc1c(C)n(C(=O)c2ccc(OC(F)F)cc2)c2ccc(OC)cc12. The van der Waals surface area contributed by atoms with E-state index in [1.165, 1.54) is 35.9 Å². The first-order chi connectivity index (χ1) is 13.8. The quantitative estimate of drug-likeness (QED) is 0.685. The number of aromatic nitrogens is 1. The van der Waals surface area contributed by atoms with Crippen molar-refractivity contribution in [3.05, 3.63) is 59.3 Å². The van der Waals surface area contributed by atoms with Gasteiger partial charge in [-0.25, -0.2) is 0 Å². The maximum absolute atomic E-state index is 13.2. The molecule has 1 N–H and O–H groups in total. The van der Waals surface area contributed by atoms with Crippen LogP contribution in [0.5, 0.6) is 11.5 Å². The largest absolute Gasteiger partial charge is 0.497 e. The molecule has 0 aliphatic heterocycles. The lowest BCUT2D eigenvalue weighted by atomic mass is 10.1. The predicted molar refractivity (Wildman–Crippen MR) is 104 cm³/mol. The van der Waals surface area contributed by atoms with Gasteiger partial charge in [0.1, 0.15) is 11.5 Å². The summed E-state index contributed by atoms with van der Waals surface area (Å²) >= 11 is 0. The molecule has 3 aromatic rings. The molecule has 0 atom stereocenters. The summed E-state index contributed by atoms with van der Waals surface area (Å²) in [5.74, 6) is 0.0461. The zero-order valence-corrected chi connectivity index (χ0v) is 16.2. The van der Waals surface area contributed by atoms with Gasteiger partial charge in [-0.2, -0.15) is 8.78 Å². The fraction of sp³-hybridized carbons (Fsp3) is 0.238. The predicted octanol–water partition coefficient (Wildman–Crippen LogP) is 3.54. The molecule has 0 aliphatic carbocycles. The number of likely N-dealkylation sites (N-methyl/N-ethyl adjacent to an activating group) is 1. The van der Waals surface area contributed by atoms with Crippen LogP contribution in [-0.2, 0) is 11.2 Å². The van der Waals surface area contributed by atoms with Crippen molar-refractivity contribution in [2.75, 3.05) is 14.2 Å². The summed E-state index contributed by atoms with van der Waals surface area (Å²) in [4.78, 5) is 25.2. The third-order valence-electron chi connectivity index (χ3n) is 4.69. The number of nitrogens with one attached hydrogen (secondary N) is 1. The second kappa shape index (κ2) is 8.30. The molecule has 0 aliphatic rings. The van der Waals surface area contributed by atoms with Gasteiger partial charge in [0.25, 0.3) is 5.91 Å². The van der Waals surface area contributed by atoms with E-state index in [1.807, 2.05) is 0 Å². The minimum atomic E-state index is -2.94. The fourth-order valence-corrected chi connectivity index (χ4v) is 3.23. The van der Waals surface area contributed by atoms with Crippen molar-refractivity contribution in [3.63, 3.8) is 0 Å². The van der Waals surface area contributed by atoms with Crippen molar-refractivity contribution < 1.29 is 27.8 Å². The van der Waals surface area contributed by atoms with Crippen LogP contribution in [0.4, 0.5) is 8.78 Å². The summed E-state index contributed by atoms with van der Waals surface area (Å²) in [7, 11) is 3.09. The van der Waals surface area contributed by atoms with E-state index in [0.29, 0.717) is 28.1 Å². The molecule has 29 heavy (non-hydrogen) atoms. The molecule has 0 saturated heterocycles. The third-order valence-corrected chi connectivity index (χ3v) is 4.69. The number of halogens is 2. The lowest BCUT2D eigenvalue weighted by Crippen LogP contribution is -2.20. The van der Waals surface area contributed by atoms with E-state index in [-0.39, 0.29) is 24.0 Å². The van der Waals surface area contributed by atoms with Crippen molar-refractivity contribution in [2.45, 2.75) is 20.0 Å². The second-order valence-electron chi connectivity index (χ2n) is 6.34. The zero-order chi connectivity index (χ0) is 21.1. The van der Waals surface area contributed by atoms with E-state index in [1.54, 1.807) is 32.2 Å². The molecule has 0 bridgehead atoms. The first-order valence-electron chi connectivity index (χ1n) is 8.83. The fourth-order valence-electron chi connectivity index (χ4n) is 3.23. The van der Waals surface area contributed by atoms with Gasteiger partial charge in [0.05, 0.1) is 19.0 Å². The topological polar surface area (TPSA) is 69.6 Å². The van der Waals surface area contributed by atoms with Crippen LogP contribution >= 0.6 is 0 Å². The molecule has 6 nitrogen and oxygen atoms in total. The molecule has 0 spiro atoms. The van der Waals surface area contributed by atoms with Crippen molar-refractivity contribution >= 4 is 22.7 Å². The average molecular weight is 402 g/mol. The number of carbonyl (C=O) groups excluding carboxylic acids is 2. The van der Waals surface area contributed by atoms with E-state index < -0.39 is 6.61 Å². The van der Waals surface area contributed by atoms with Crippen molar-refractivity contribution in [2.24, 2.45) is 0 Å². The molecule has 0 fully saturated rings. The zero-order valence-electron chi connectivity index (χ0n) is 16.2. The van der Waals surface area contributed by atoms with Gasteiger partial charge >= 0.3 is 6.61 Å². The Hall–Kier alpha value is -3.42. The summed E-state index contributed by atoms with van der Waals surface area (Å²) in [5.41, 5.74) is 2.26. The average Bonchev–Trinajstić information content (AvgIpc) is 2.98. The van der Waals surface area contributed by atoms with Gasteiger partial charge < -0.3 is 14.8 Å². The van der Waals surface area contributed by atoms with Crippen LogP contribution in [0.1, 0.15) is 21.6 Å². The van der Waals surface area contributed by atoms with Gasteiger partial charge in [-0.15, -0.1) is 0 Å². The molecule has 3 rings (SSSR count). The van der Waals surface area contributed by atoms with Gasteiger partial charge in [0.15, 0.2) is 0 Å². The summed E-state index contributed by atoms with van der Waals surface area (Å²) in [5, 5.41) is 3.32. The molecule has 8 heteroatoms. The summed E-state index contributed by atoms with van der Waals surface area (Å²) in [6.45, 7) is -1.17. The Morgan fingerprint density at radius 3 is 2.34 bits per heavy atom. The number of fused-ring (bicyclic) bond motifs is 1. The van der Waals surface area contributed by atoms with Crippen LogP contribution in [-0.4, -0.2) is 37.2 Å². The summed E-state index contributed by atoms with van der Waals surface area (Å²) in [6, 6.07) is 10.7. The second-order valence-corrected chi connectivity index (χ2v) is 6.34. The molecule has 2 aromatic carbocycles. The number of methoxy groups -OCH3 is 1. The molecule has 152 valence electrons. The highest BCUT2D eigenvalue weighted by Gasteiger charge is 2.22. The minimum absolute atomic E-state index is 0.0318. The molecular weight excluding hydrogens is 382 g/mol. The van der Waals surface area contributed by atoms with E-state index in [0.717, 1.165) is 5.39 Å². The molecular formula is C21H20F2N2O4. The Morgan fingerprint density at radius 1 is 1.10 bits per heavy atom. The third kappa shape index (κ3) is 4.06. The number of alkyl halides is 2. The Balaban J connectivity index is 2.09. The smallest absolute Gasteiger partial charge is 0.387 e. The van der Waals surface area contributed by atoms with E-state index in [2.05, 4.69) is 10.1 Å².